The summed E-state index contributed by atoms with van der Waals surface area (Å²) < 4.78 is 0. The van der Waals surface area contributed by atoms with Gasteiger partial charge in [0.1, 0.15) is 0 Å². The standard InChI is InChI=1S/C47H38BN3/c1-4-16-33(17-5-1)35-27-28-44-40(30-35)48-39-23-11-13-26-43(39)50(37-20-8-3-9-21-37)45-31-36(34-18-6-2-7-19-34)32-46(47(45)48)51(44)42-25-12-10-22-38(42)41-24-14-15-29-49-41/h1,3-5,8-17,20-32,34H,2,6-7,18-19H2. The molecule has 1 aliphatic carbocycles. The maximum absolute atomic E-state index is 4.87. The van der Waals surface area contributed by atoms with Crippen molar-refractivity contribution in [3.8, 4) is 22.4 Å². The van der Waals surface area contributed by atoms with Crippen LogP contribution in [0.25, 0.3) is 22.4 Å². The first-order valence-corrected chi connectivity index (χ1v) is 18.5. The van der Waals surface area contributed by atoms with Gasteiger partial charge in [0.05, 0.1) is 11.4 Å². The van der Waals surface area contributed by atoms with Crippen LogP contribution in [0.3, 0.4) is 0 Å². The Morgan fingerprint density at radius 1 is 0.490 bits per heavy atom. The number of para-hydroxylation sites is 3. The van der Waals surface area contributed by atoms with Crippen LogP contribution in [0.1, 0.15) is 43.6 Å². The average Bonchev–Trinajstić information content (AvgIpc) is 3.21. The lowest BCUT2D eigenvalue weighted by molar-refractivity contribution is 0.444. The summed E-state index contributed by atoms with van der Waals surface area (Å²) in [6, 6.07) is 58.2. The highest BCUT2D eigenvalue weighted by atomic mass is 15.2. The molecule has 7 aromatic rings. The summed E-state index contributed by atoms with van der Waals surface area (Å²) in [7, 11) is 0. The van der Waals surface area contributed by atoms with Gasteiger partial charge in [-0.2, -0.15) is 0 Å². The predicted octanol–water partition coefficient (Wildman–Crippen LogP) is 10.5. The van der Waals surface area contributed by atoms with Crippen molar-refractivity contribution < 1.29 is 0 Å². The number of aromatic nitrogens is 1. The van der Waals surface area contributed by atoms with Crippen LogP contribution in [-0.4, -0.2) is 11.7 Å². The van der Waals surface area contributed by atoms with Crippen LogP contribution < -0.4 is 26.2 Å². The Bertz CT molecular complexity index is 2370. The maximum Gasteiger partial charge on any atom is 0.252 e. The van der Waals surface area contributed by atoms with E-state index in [-0.39, 0.29) is 6.71 Å². The molecule has 0 N–H and O–H groups in total. The number of nitrogens with zero attached hydrogens (tertiary/aromatic N) is 3. The number of pyridine rings is 1. The molecule has 3 nitrogen and oxygen atoms in total. The molecule has 6 aromatic carbocycles. The monoisotopic (exact) mass is 655 g/mol. The van der Waals surface area contributed by atoms with Gasteiger partial charge < -0.3 is 9.80 Å². The van der Waals surface area contributed by atoms with E-state index in [9.17, 15) is 0 Å². The van der Waals surface area contributed by atoms with Gasteiger partial charge in [0, 0.05) is 40.2 Å². The van der Waals surface area contributed by atoms with Crippen LogP contribution in [0.5, 0.6) is 0 Å². The molecule has 0 radical (unpaired) electrons. The van der Waals surface area contributed by atoms with Crippen molar-refractivity contribution in [3.63, 3.8) is 0 Å². The maximum atomic E-state index is 4.87. The molecule has 10 rings (SSSR count). The smallest absolute Gasteiger partial charge is 0.252 e. The number of hydrogen-bond acceptors (Lipinski definition) is 3. The zero-order chi connectivity index (χ0) is 33.7. The van der Waals surface area contributed by atoms with Crippen LogP contribution in [0.2, 0.25) is 0 Å². The largest absolute Gasteiger partial charge is 0.311 e. The minimum absolute atomic E-state index is 0.0727. The van der Waals surface area contributed by atoms with E-state index in [0.29, 0.717) is 5.92 Å². The van der Waals surface area contributed by atoms with E-state index in [2.05, 4.69) is 161 Å². The Kier molecular flexibility index (Phi) is 7.34. The molecule has 0 atom stereocenters. The zero-order valence-electron chi connectivity index (χ0n) is 28.6. The predicted molar refractivity (Wildman–Crippen MR) is 215 cm³/mol. The second-order valence-electron chi connectivity index (χ2n) is 14.2. The van der Waals surface area contributed by atoms with Crippen molar-refractivity contribution in [2.24, 2.45) is 0 Å². The Morgan fingerprint density at radius 2 is 1.16 bits per heavy atom. The summed E-state index contributed by atoms with van der Waals surface area (Å²) in [4.78, 5) is 9.96. The number of hydrogen-bond donors (Lipinski definition) is 0. The summed E-state index contributed by atoms with van der Waals surface area (Å²) in [6.07, 6.45) is 8.31. The van der Waals surface area contributed by atoms with Crippen LogP contribution in [0, 0.1) is 0 Å². The highest BCUT2D eigenvalue weighted by molar-refractivity contribution is 7.00. The number of benzene rings is 6. The van der Waals surface area contributed by atoms with Gasteiger partial charge in [0.25, 0.3) is 6.71 Å². The van der Waals surface area contributed by atoms with Crippen molar-refractivity contribution in [2.45, 2.75) is 38.0 Å². The van der Waals surface area contributed by atoms with Gasteiger partial charge >= 0.3 is 0 Å². The molecular weight excluding hydrogens is 617 g/mol. The molecule has 3 aliphatic rings. The molecule has 0 spiro atoms. The lowest BCUT2D eigenvalue weighted by atomic mass is 9.33. The Hall–Kier alpha value is -5.87. The first-order chi connectivity index (χ1) is 25.3. The van der Waals surface area contributed by atoms with Crippen molar-refractivity contribution in [1.82, 2.24) is 4.98 Å². The van der Waals surface area contributed by atoms with E-state index < -0.39 is 0 Å². The third kappa shape index (κ3) is 5.00. The second-order valence-corrected chi connectivity index (χ2v) is 14.2. The minimum Gasteiger partial charge on any atom is -0.311 e. The van der Waals surface area contributed by atoms with Gasteiger partial charge in [0.15, 0.2) is 0 Å². The molecular formula is C47H38BN3. The van der Waals surface area contributed by atoms with Crippen LogP contribution in [0.15, 0.2) is 164 Å². The van der Waals surface area contributed by atoms with Crippen molar-refractivity contribution >= 4 is 57.2 Å². The van der Waals surface area contributed by atoms with E-state index >= 15 is 0 Å². The van der Waals surface area contributed by atoms with Gasteiger partial charge in [0.2, 0.25) is 0 Å². The number of anilines is 6. The topological polar surface area (TPSA) is 19.4 Å². The van der Waals surface area contributed by atoms with E-state index in [1.807, 2.05) is 12.3 Å². The fourth-order valence-corrected chi connectivity index (χ4v) is 8.98. The molecule has 1 saturated carbocycles. The van der Waals surface area contributed by atoms with Crippen molar-refractivity contribution in [3.05, 3.63) is 169 Å². The van der Waals surface area contributed by atoms with Gasteiger partial charge in [-0.05, 0) is 106 Å². The minimum atomic E-state index is 0.0727. The van der Waals surface area contributed by atoms with Crippen molar-refractivity contribution in [1.29, 1.82) is 0 Å². The average molecular weight is 656 g/mol. The third-order valence-corrected chi connectivity index (χ3v) is 11.3. The number of rotatable bonds is 5. The lowest BCUT2D eigenvalue weighted by Crippen LogP contribution is -2.61. The summed E-state index contributed by atoms with van der Waals surface area (Å²) in [6.45, 7) is 0.0727. The SMILES string of the molecule is c1ccc(-c2ccc3c(c2)B2c4ccccc4N(c4ccccc4)c4cc(C5CCCCC5)cc(c42)N3c2ccccc2-c2ccccn2)cc1. The van der Waals surface area contributed by atoms with E-state index in [4.69, 9.17) is 4.98 Å². The fourth-order valence-electron chi connectivity index (χ4n) is 8.98. The highest BCUT2D eigenvalue weighted by Crippen LogP contribution is 2.48. The van der Waals surface area contributed by atoms with Crippen molar-refractivity contribution in [2.75, 3.05) is 9.80 Å². The Balaban J connectivity index is 1.31. The summed E-state index contributed by atoms with van der Waals surface area (Å²) in [5.74, 6) is 0.545. The second kappa shape index (κ2) is 12.5. The Morgan fingerprint density at radius 3 is 1.94 bits per heavy atom. The fraction of sp³-hybridized carbons (Fsp3) is 0.128. The molecule has 1 fully saturated rings. The molecule has 244 valence electrons. The first-order valence-electron chi connectivity index (χ1n) is 18.5. The molecule has 0 unspecified atom stereocenters. The van der Waals surface area contributed by atoms with Gasteiger partial charge in [-0.1, -0.05) is 122 Å². The summed E-state index contributed by atoms with van der Waals surface area (Å²) in [5, 5.41) is 0. The summed E-state index contributed by atoms with van der Waals surface area (Å²) >= 11 is 0. The third-order valence-electron chi connectivity index (χ3n) is 11.3. The molecule has 0 saturated heterocycles. The molecule has 4 heteroatoms. The van der Waals surface area contributed by atoms with E-state index in [1.165, 1.54) is 93.6 Å². The molecule has 1 aromatic heterocycles. The van der Waals surface area contributed by atoms with E-state index in [0.717, 1.165) is 16.9 Å². The van der Waals surface area contributed by atoms with Gasteiger partial charge in [-0.15, -0.1) is 0 Å². The zero-order valence-corrected chi connectivity index (χ0v) is 28.6. The molecule has 0 bridgehead atoms. The molecule has 51 heavy (non-hydrogen) atoms. The summed E-state index contributed by atoms with van der Waals surface area (Å²) in [5.41, 5.74) is 17.4. The highest BCUT2D eigenvalue weighted by Gasteiger charge is 2.44. The molecule has 0 amide bonds. The lowest BCUT2D eigenvalue weighted by Gasteiger charge is -2.45. The van der Waals surface area contributed by atoms with E-state index in [1.54, 1.807) is 0 Å². The van der Waals surface area contributed by atoms with Crippen LogP contribution >= 0.6 is 0 Å². The quantitative estimate of drug-likeness (QED) is 0.172. The molecule has 3 heterocycles. The normalized spacial score (nSPS) is 14.9. The molecule has 2 aliphatic heterocycles. The number of fused-ring (bicyclic) bond motifs is 4. The van der Waals surface area contributed by atoms with Gasteiger partial charge in [-0.3, -0.25) is 4.98 Å². The Labute approximate surface area is 301 Å². The first kappa shape index (κ1) is 30.0. The van der Waals surface area contributed by atoms with Crippen LogP contribution in [-0.2, 0) is 0 Å². The van der Waals surface area contributed by atoms with Gasteiger partial charge in [-0.25, -0.2) is 0 Å². The van der Waals surface area contributed by atoms with Crippen LogP contribution in [0.4, 0.5) is 34.1 Å².